The smallest absolute Gasteiger partial charge is 0.240 e. The van der Waals surface area contributed by atoms with E-state index in [0.29, 0.717) is 18.9 Å². The first-order chi connectivity index (χ1) is 7.18. The molecule has 1 atom stereocenters. The Morgan fingerprint density at radius 3 is 2.67 bits per heavy atom. The minimum absolute atomic E-state index is 0.0859. The van der Waals surface area contributed by atoms with E-state index >= 15 is 0 Å². The van der Waals surface area contributed by atoms with Crippen LogP contribution < -0.4 is 11.1 Å². The Bertz CT molecular complexity index is 276. The second kappa shape index (κ2) is 4.18. The molecule has 3 N–H and O–H groups in total. The lowest BCUT2D eigenvalue weighted by molar-refractivity contribution is -0.138. The van der Waals surface area contributed by atoms with E-state index in [-0.39, 0.29) is 17.9 Å². The number of carbonyl (C=O) groups is 2. The molecule has 0 aromatic heterocycles. The average Bonchev–Trinajstić information content (AvgIpc) is 2.59. The van der Waals surface area contributed by atoms with Crippen molar-refractivity contribution in [1.29, 1.82) is 0 Å². The Morgan fingerprint density at radius 2 is 2.13 bits per heavy atom. The van der Waals surface area contributed by atoms with Crippen LogP contribution in [-0.2, 0) is 9.59 Å². The van der Waals surface area contributed by atoms with Crippen LogP contribution in [0.15, 0.2) is 0 Å². The summed E-state index contributed by atoms with van der Waals surface area (Å²) in [5, 5.41) is 3.13. The molecule has 5 heteroatoms. The zero-order valence-electron chi connectivity index (χ0n) is 8.74. The van der Waals surface area contributed by atoms with Gasteiger partial charge in [-0.15, -0.1) is 0 Å². The van der Waals surface area contributed by atoms with Crippen LogP contribution in [0.3, 0.4) is 0 Å². The van der Waals surface area contributed by atoms with Gasteiger partial charge in [0, 0.05) is 13.0 Å². The third-order valence-electron chi connectivity index (χ3n) is 3.23. The fourth-order valence-corrected chi connectivity index (χ4v) is 2.22. The summed E-state index contributed by atoms with van der Waals surface area (Å²) < 4.78 is 0. The van der Waals surface area contributed by atoms with Gasteiger partial charge in [-0.05, 0) is 31.8 Å². The predicted octanol–water partition coefficient (Wildman–Crippen LogP) is -0.928. The Hall–Kier alpha value is -1.10. The number of hydrogen-bond acceptors (Lipinski definition) is 3. The largest absolute Gasteiger partial charge is 0.368 e. The molecule has 0 saturated carbocycles. The van der Waals surface area contributed by atoms with E-state index in [1.54, 1.807) is 4.90 Å². The highest BCUT2D eigenvalue weighted by Crippen LogP contribution is 2.20. The zero-order valence-corrected chi connectivity index (χ0v) is 8.74. The SMILES string of the molecule is NC(=O)C1CCCN1C(=O)CC1CNC1. The van der Waals surface area contributed by atoms with E-state index < -0.39 is 0 Å². The first-order valence-electron chi connectivity index (χ1n) is 5.48. The van der Waals surface area contributed by atoms with E-state index in [4.69, 9.17) is 5.73 Å². The molecule has 15 heavy (non-hydrogen) atoms. The third kappa shape index (κ3) is 2.12. The normalized spacial score (nSPS) is 26.4. The summed E-state index contributed by atoms with van der Waals surface area (Å²) in [7, 11) is 0. The molecule has 2 aliphatic rings. The molecular formula is C10H17N3O2. The topological polar surface area (TPSA) is 75.4 Å². The standard InChI is InChI=1S/C10H17N3O2/c11-10(15)8-2-1-3-13(8)9(14)4-7-5-12-6-7/h7-8,12H,1-6H2,(H2,11,15). The molecule has 5 nitrogen and oxygen atoms in total. The van der Waals surface area contributed by atoms with Crippen molar-refractivity contribution >= 4 is 11.8 Å². The second-order valence-corrected chi connectivity index (χ2v) is 4.38. The van der Waals surface area contributed by atoms with Crippen LogP contribution in [0, 0.1) is 5.92 Å². The lowest BCUT2D eigenvalue weighted by Gasteiger charge is -2.29. The molecule has 2 heterocycles. The number of primary amides is 1. The van der Waals surface area contributed by atoms with Crippen LogP contribution in [-0.4, -0.2) is 42.4 Å². The number of hydrogen-bond donors (Lipinski definition) is 2. The van der Waals surface area contributed by atoms with Gasteiger partial charge in [0.1, 0.15) is 6.04 Å². The van der Waals surface area contributed by atoms with Crippen molar-refractivity contribution in [2.24, 2.45) is 11.7 Å². The Labute approximate surface area is 89.0 Å². The molecule has 0 bridgehead atoms. The maximum absolute atomic E-state index is 11.9. The van der Waals surface area contributed by atoms with Gasteiger partial charge in [0.25, 0.3) is 0 Å². The van der Waals surface area contributed by atoms with Crippen LogP contribution in [0.5, 0.6) is 0 Å². The van der Waals surface area contributed by atoms with Crippen LogP contribution in [0.1, 0.15) is 19.3 Å². The first kappa shape index (κ1) is 10.4. The quantitative estimate of drug-likeness (QED) is 0.633. The molecule has 0 radical (unpaired) electrons. The van der Waals surface area contributed by atoms with Gasteiger partial charge in [0.15, 0.2) is 0 Å². The number of nitrogens with two attached hydrogens (primary N) is 1. The molecule has 2 aliphatic heterocycles. The molecule has 84 valence electrons. The zero-order chi connectivity index (χ0) is 10.8. The highest BCUT2D eigenvalue weighted by molar-refractivity contribution is 5.87. The van der Waals surface area contributed by atoms with E-state index in [1.165, 1.54) is 0 Å². The number of nitrogens with one attached hydrogen (secondary N) is 1. The van der Waals surface area contributed by atoms with Gasteiger partial charge in [-0.25, -0.2) is 0 Å². The molecule has 0 spiro atoms. The highest BCUT2D eigenvalue weighted by atomic mass is 16.2. The molecule has 2 fully saturated rings. The molecular weight excluding hydrogens is 194 g/mol. The lowest BCUT2D eigenvalue weighted by atomic mass is 9.98. The molecule has 1 unspecified atom stereocenters. The summed E-state index contributed by atoms with van der Waals surface area (Å²) in [4.78, 5) is 24.6. The number of nitrogens with zero attached hydrogens (tertiary/aromatic N) is 1. The molecule has 2 rings (SSSR count). The van der Waals surface area contributed by atoms with Crippen molar-refractivity contribution in [2.45, 2.75) is 25.3 Å². The van der Waals surface area contributed by atoms with Gasteiger partial charge in [0.2, 0.25) is 11.8 Å². The summed E-state index contributed by atoms with van der Waals surface area (Å²) in [5.74, 6) is 0.169. The van der Waals surface area contributed by atoms with Crippen molar-refractivity contribution in [3.8, 4) is 0 Å². The fourth-order valence-electron chi connectivity index (χ4n) is 2.22. The van der Waals surface area contributed by atoms with Crippen molar-refractivity contribution in [2.75, 3.05) is 19.6 Å². The number of amides is 2. The van der Waals surface area contributed by atoms with Crippen molar-refractivity contribution < 1.29 is 9.59 Å². The van der Waals surface area contributed by atoms with Gasteiger partial charge in [-0.3, -0.25) is 9.59 Å². The number of likely N-dealkylation sites (tertiary alicyclic amines) is 1. The van der Waals surface area contributed by atoms with Crippen molar-refractivity contribution in [3.05, 3.63) is 0 Å². The van der Waals surface area contributed by atoms with Gasteiger partial charge < -0.3 is 16.0 Å². The van der Waals surface area contributed by atoms with Gasteiger partial charge >= 0.3 is 0 Å². The Balaban J connectivity index is 1.90. The lowest BCUT2D eigenvalue weighted by Crippen LogP contribution is -2.48. The van der Waals surface area contributed by atoms with Crippen molar-refractivity contribution in [1.82, 2.24) is 10.2 Å². The minimum atomic E-state index is -0.368. The van der Waals surface area contributed by atoms with E-state index in [0.717, 1.165) is 25.9 Å². The fraction of sp³-hybridized carbons (Fsp3) is 0.800. The average molecular weight is 211 g/mol. The minimum Gasteiger partial charge on any atom is -0.368 e. The number of rotatable bonds is 3. The molecule has 2 amide bonds. The molecule has 0 aromatic rings. The van der Waals surface area contributed by atoms with Gasteiger partial charge in [-0.2, -0.15) is 0 Å². The first-order valence-corrected chi connectivity index (χ1v) is 5.48. The summed E-state index contributed by atoms with van der Waals surface area (Å²) in [6, 6.07) is -0.356. The Kier molecular flexibility index (Phi) is 2.90. The summed E-state index contributed by atoms with van der Waals surface area (Å²) in [6.07, 6.45) is 2.17. The summed E-state index contributed by atoms with van der Waals surface area (Å²) in [5.41, 5.74) is 5.26. The van der Waals surface area contributed by atoms with Crippen molar-refractivity contribution in [3.63, 3.8) is 0 Å². The molecule has 0 aromatic carbocycles. The van der Waals surface area contributed by atoms with Crippen LogP contribution in [0.2, 0.25) is 0 Å². The van der Waals surface area contributed by atoms with E-state index in [1.807, 2.05) is 0 Å². The molecule has 0 aliphatic carbocycles. The van der Waals surface area contributed by atoms with Crippen LogP contribution in [0.4, 0.5) is 0 Å². The van der Waals surface area contributed by atoms with E-state index in [2.05, 4.69) is 5.32 Å². The van der Waals surface area contributed by atoms with Crippen LogP contribution >= 0.6 is 0 Å². The Morgan fingerprint density at radius 1 is 1.40 bits per heavy atom. The molecule has 2 saturated heterocycles. The maximum Gasteiger partial charge on any atom is 0.240 e. The van der Waals surface area contributed by atoms with Gasteiger partial charge in [0.05, 0.1) is 0 Å². The van der Waals surface area contributed by atoms with Gasteiger partial charge in [-0.1, -0.05) is 0 Å². The third-order valence-corrected chi connectivity index (χ3v) is 3.23. The second-order valence-electron chi connectivity index (χ2n) is 4.38. The van der Waals surface area contributed by atoms with Crippen LogP contribution in [0.25, 0.3) is 0 Å². The monoisotopic (exact) mass is 211 g/mol. The highest BCUT2D eigenvalue weighted by Gasteiger charge is 2.34. The number of carbonyl (C=O) groups excluding carboxylic acids is 2. The van der Waals surface area contributed by atoms with E-state index in [9.17, 15) is 9.59 Å². The predicted molar refractivity (Wildman–Crippen MR) is 54.9 cm³/mol. The summed E-state index contributed by atoms with van der Waals surface area (Å²) in [6.45, 7) is 2.52. The maximum atomic E-state index is 11.9. The summed E-state index contributed by atoms with van der Waals surface area (Å²) >= 11 is 0.